The van der Waals surface area contributed by atoms with Crippen LogP contribution in [0.3, 0.4) is 0 Å². The third-order valence-electron chi connectivity index (χ3n) is 6.07. The van der Waals surface area contributed by atoms with Crippen LogP contribution in [0.4, 0.5) is 5.82 Å². The number of hydrogen-bond donors (Lipinski definition) is 2. The molecule has 0 unspecified atom stereocenters. The molecular weight excluding hydrogens is 322 g/mol. The highest BCUT2D eigenvalue weighted by Gasteiger charge is 2.41. The molecule has 0 aromatic carbocycles. The zero-order chi connectivity index (χ0) is 17.8. The average Bonchev–Trinajstić information content (AvgIpc) is 3.57. The SMILES string of the molecule is CCNC(=NCC(C1CC1)C1CC1)NC1CCN(c2ccccn2)CC1. The Bertz CT molecular complexity index is 574. The molecule has 1 aliphatic heterocycles. The summed E-state index contributed by atoms with van der Waals surface area (Å²) < 4.78 is 0. The monoisotopic (exact) mass is 355 g/mol. The zero-order valence-corrected chi connectivity index (χ0v) is 16.0. The van der Waals surface area contributed by atoms with Gasteiger partial charge in [-0.1, -0.05) is 6.07 Å². The van der Waals surface area contributed by atoms with E-state index in [1.54, 1.807) is 0 Å². The van der Waals surface area contributed by atoms with Gasteiger partial charge in [0.1, 0.15) is 5.82 Å². The molecule has 0 amide bonds. The van der Waals surface area contributed by atoms with Crippen molar-refractivity contribution in [3.05, 3.63) is 24.4 Å². The topological polar surface area (TPSA) is 52.6 Å². The maximum atomic E-state index is 4.98. The number of anilines is 1. The standard InChI is InChI=1S/C21H33N5/c1-2-22-21(24-15-19(16-6-7-16)17-8-9-17)25-18-10-13-26(14-11-18)20-5-3-4-12-23-20/h3-5,12,16-19H,2,6-11,13-15H2,1H3,(H2,22,24,25). The van der Waals surface area contributed by atoms with Crippen LogP contribution < -0.4 is 15.5 Å². The Morgan fingerprint density at radius 3 is 2.46 bits per heavy atom. The van der Waals surface area contributed by atoms with Gasteiger partial charge in [0.2, 0.25) is 0 Å². The molecule has 3 aliphatic rings. The van der Waals surface area contributed by atoms with E-state index in [4.69, 9.17) is 4.99 Å². The van der Waals surface area contributed by atoms with E-state index >= 15 is 0 Å². The van der Waals surface area contributed by atoms with Gasteiger partial charge in [0, 0.05) is 38.4 Å². The first kappa shape index (κ1) is 17.6. The first-order valence-electron chi connectivity index (χ1n) is 10.5. The molecule has 0 spiro atoms. The smallest absolute Gasteiger partial charge is 0.191 e. The molecule has 1 saturated heterocycles. The zero-order valence-electron chi connectivity index (χ0n) is 16.0. The van der Waals surface area contributed by atoms with Crippen LogP contribution in [0.2, 0.25) is 0 Å². The number of rotatable bonds is 7. The minimum Gasteiger partial charge on any atom is -0.357 e. The molecule has 2 saturated carbocycles. The number of nitrogens with one attached hydrogen (secondary N) is 2. The van der Waals surface area contributed by atoms with E-state index in [2.05, 4.69) is 39.6 Å². The second-order valence-corrected chi connectivity index (χ2v) is 8.15. The molecule has 5 nitrogen and oxygen atoms in total. The Kier molecular flexibility index (Phi) is 5.61. The fourth-order valence-corrected chi connectivity index (χ4v) is 4.24. The van der Waals surface area contributed by atoms with Crippen molar-refractivity contribution in [2.24, 2.45) is 22.7 Å². The van der Waals surface area contributed by atoms with Gasteiger partial charge in [0.25, 0.3) is 0 Å². The van der Waals surface area contributed by atoms with E-state index in [0.29, 0.717) is 6.04 Å². The lowest BCUT2D eigenvalue weighted by molar-refractivity contribution is 0.414. The second kappa shape index (κ2) is 8.28. The van der Waals surface area contributed by atoms with Gasteiger partial charge in [-0.3, -0.25) is 4.99 Å². The summed E-state index contributed by atoms with van der Waals surface area (Å²) in [4.78, 5) is 11.8. The van der Waals surface area contributed by atoms with Gasteiger partial charge in [0.05, 0.1) is 0 Å². The van der Waals surface area contributed by atoms with E-state index < -0.39 is 0 Å². The number of piperidine rings is 1. The maximum absolute atomic E-state index is 4.98. The Morgan fingerprint density at radius 2 is 1.88 bits per heavy atom. The number of pyridine rings is 1. The predicted octanol–water partition coefficient (Wildman–Crippen LogP) is 3.04. The second-order valence-electron chi connectivity index (χ2n) is 8.15. The molecular formula is C21H33N5. The summed E-state index contributed by atoms with van der Waals surface area (Å²) >= 11 is 0. The molecule has 2 aliphatic carbocycles. The number of hydrogen-bond acceptors (Lipinski definition) is 3. The van der Waals surface area contributed by atoms with Crippen LogP contribution in [0.25, 0.3) is 0 Å². The number of nitrogens with zero attached hydrogens (tertiary/aromatic N) is 3. The highest BCUT2D eigenvalue weighted by atomic mass is 15.2. The van der Waals surface area contributed by atoms with Crippen LogP contribution in [0.5, 0.6) is 0 Å². The number of aromatic nitrogens is 1. The summed E-state index contributed by atoms with van der Waals surface area (Å²) in [6, 6.07) is 6.66. The fourth-order valence-electron chi connectivity index (χ4n) is 4.24. The van der Waals surface area contributed by atoms with E-state index in [1.807, 2.05) is 12.3 Å². The van der Waals surface area contributed by atoms with Crippen molar-refractivity contribution < 1.29 is 0 Å². The van der Waals surface area contributed by atoms with Crippen molar-refractivity contribution in [3.8, 4) is 0 Å². The normalized spacial score (nSPS) is 21.9. The first-order valence-corrected chi connectivity index (χ1v) is 10.5. The van der Waals surface area contributed by atoms with Crippen LogP contribution in [0.1, 0.15) is 45.4 Å². The lowest BCUT2D eigenvalue weighted by atomic mass is 9.98. The summed E-state index contributed by atoms with van der Waals surface area (Å²) in [6.07, 6.45) is 9.90. The quantitative estimate of drug-likeness (QED) is 0.583. The van der Waals surface area contributed by atoms with Crippen LogP contribution in [0, 0.1) is 17.8 Å². The maximum Gasteiger partial charge on any atom is 0.191 e. The predicted molar refractivity (Wildman–Crippen MR) is 108 cm³/mol. The third-order valence-corrected chi connectivity index (χ3v) is 6.07. The van der Waals surface area contributed by atoms with Crippen molar-refractivity contribution >= 4 is 11.8 Å². The van der Waals surface area contributed by atoms with E-state index in [0.717, 1.165) is 68.6 Å². The summed E-state index contributed by atoms with van der Waals surface area (Å²) in [5.74, 6) is 4.90. The molecule has 0 radical (unpaired) electrons. The molecule has 26 heavy (non-hydrogen) atoms. The van der Waals surface area contributed by atoms with E-state index in [1.165, 1.54) is 25.7 Å². The van der Waals surface area contributed by atoms with Crippen LogP contribution in [0.15, 0.2) is 29.4 Å². The van der Waals surface area contributed by atoms with Crippen LogP contribution in [-0.4, -0.2) is 43.2 Å². The molecule has 0 atom stereocenters. The summed E-state index contributed by atoms with van der Waals surface area (Å²) in [5.41, 5.74) is 0. The molecule has 3 fully saturated rings. The minimum atomic E-state index is 0.507. The van der Waals surface area contributed by atoms with Gasteiger partial charge in [-0.25, -0.2) is 4.98 Å². The molecule has 1 aromatic heterocycles. The Labute approximate surface area is 157 Å². The minimum absolute atomic E-state index is 0.507. The molecule has 142 valence electrons. The van der Waals surface area contributed by atoms with Gasteiger partial charge in [-0.15, -0.1) is 0 Å². The Morgan fingerprint density at radius 1 is 1.15 bits per heavy atom. The summed E-state index contributed by atoms with van der Waals surface area (Å²) in [5, 5.41) is 7.15. The van der Waals surface area contributed by atoms with Crippen molar-refractivity contribution in [1.82, 2.24) is 15.6 Å². The average molecular weight is 356 g/mol. The summed E-state index contributed by atoms with van der Waals surface area (Å²) in [6.45, 7) is 6.20. The Balaban J connectivity index is 1.28. The number of aliphatic imine (C=N–C) groups is 1. The van der Waals surface area contributed by atoms with Crippen LogP contribution in [-0.2, 0) is 0 Å². The van der Waals surface area contributed by atoms with Gasteiger partial charge >= 0.3 is 0 Å². The van der Waals surface area contributed by atoms with Crippen molar-refractivity contribution in [3.63, 3.8) is 0 Å². The van der Waals surface area contributed by atoms with Gasteiger partial charge in [-0.05, 0) is 75.3 Å². The van der Waals surface area contributed by atoms with E-state index in [9.17, 15) is 0 Å². The van der Waals surface area contributed by atoms with Gasteiger partial charge in [0.15, 0.2) is 5.96 Å². The van der Waals surface area contributed by atoms with Crippen molar-refractivity contribution in [1.29, 1.82) is 0 Å². The molecule has 5 heteroatoms. The third kappa shape index (κ3) is 4.68. The van der Waals surface area contributed by atoms with Crippen molar-refractivity contribution in [2.45, 2.75) is 51.5 Å². The number of guanidine groups is 1. The van der Waals surface area contributed by atoms with Crippen LogP contribution >= 0.6 is 0 Å². The van der Waals surface area contributed by atoms with Gasteiger partial charge in [-0.2, -0.15) is 0 Å². The lowest BCUT2D eigenvalue weighted by Crippen LogP contribution is -2.49. The highest BCUT2D eigenvalue weighted by molar-refractivity contribution is 5.80. The first-order chi connectivity index (χ1) is 12.8. The molecule has 0 bridgehead atoms. The highest BCUT2D eigenvalue weighted by Crippen LogP contribution is 2.49. The van der Waals surface area contributed by atoms with Gasteiger partial charge < -0.3 is 15.5 Å². The summed E-state index contributed by atoms with van der Waals surface area (Å²) in [7, 11) is 0. The molecule has 1 aromatic rings. The molecule has 2 N–H and O–H groups in total. The fraction of sp³-hybridized carbons (Fsp3) is 0.714. The Hall–Kier alpha value is -1.78. The molecule has 2 heterocycles. The lowest BCUT2D eigenvalue weighted by Gasteiger charge is -2.33. The largest absolute Gasteiger partial charge is 0.357 e. The molecule has 4 rings (SSSR count). The van der Waals surface area contributed by atoms with E-state index in [-0.39, 0.29) is 0 Å². The van der Waals surface area contributed by atoms with Crippen molar-refractivity contribution in [2.75, 3.05) is 31.1 Å².